The standard InChI is InChI=1S/C20H24O4/c1-3-8-16-13-18(15(2)21)19(22)14-20(16)24-12-7-11-23-17-9-5-4-6-10-17/h4-6,9-10,13-14,22H,3,7-8,11-12H2,1-2H3. The molecule has 0 aliphatic carbocycles. The summed E-state index contributed by atoms with van der Waals surface area (Å²) in [6.45, 7) is 4.57. The molecule has 2 rings (SSSR count). The third kappa shape index (κ3) is 5.01. The summed E-state index contributed by atoms with van der Waals surface area (Å²) < 4.78 is 11.4. The molecule has 0 radical (unpaired) electrons. The van der Waals surface area contributed by atoms with Gasteiger partial charge in [0.2, 0.25) is 0 Å². The number of benzene rings is 2. The monoisotopic (exact) mass is 328 g/mol. The highest BCUT2D eigenvalue weighted by molar-refractivity contribution is 5.97. The molecule has 0 aromatic heterocycles. The summed E-state index contributed by atoms with van der Waals surface area (Å²) >= 11 is 0. The number of hydrogen-bond acceptors (Lipinski definition) is 4. The molecule has 0 fully saturated rings. The molecule has 2 aromatic carbocycles. The first-order chi connectivity index (χ1) is 11.6. The number of ether oxygens (including phenoxy) is 2. The van der Waals surface area contributed by atoms with Crippen LogP contribution in [0.5, 0.6) is 17.2 Å². The number of hydrogen-bond donors (Lipinski definition) is 1. The Labute approximate surface area is 143 Å². The Morgan fingerprint density at radius 2 is 1.79 bits per heavy atom. The normalized spacial score (nSPS) is 10.4. The number of carbonyl (C=O) groups excluding carboxylic acids is 1. The fourth-order valence-electron chi connectivity index (χ4n) is 2.44. The van der Waals surface area contributed by atoms with Gasteiger partial charge in [-0.2, -0.15) is 0 Å². The fourth-order valence-corrected chi connectivity index (χ4v) is 2.44. The second kappa shape index (κ2) is 8.96. The Balaban J connectivity index is 1.91. The van der Waals surface area contributed by atoms with Crippen LogP contribution in [-0.4, -0.2) is 24.1 Å². The average Bonchev–Trinajstić information content (AvgIpc) is 2.57. The van der Waals surface area contributed by atoms with Crippen LogP contribution in [0.2, 0.25) is 0 Å². The SMILES string of the molecule is CCCc1cc(C(C)=O)c(O)cc1OCCCOc1ccccc1. The smallest absolute Gasteiger partial charge is 0.163 e. The first-order valence-corrected chi connectivity index (χ1v) is 8.29. The van der Waals surface area contributed by atoms with Gasteiger partial charge in [0.05, 0.1) is 18.8 Å². The number of Topliss-reactive ketones (excluding diaryl/α,β-unsaturated/α-hetero) is 1. The lowest BCUT2D eigenvalue weighted by atomic mass is 10.0. The van der Waals surface area contributed by atoms with Gasteiger partial charge in [-0.1, -0.05) is 31.5 Å². The lowest BCUT2D eigenvalue weighted by Gasteiger charge is -2.14. The van der Waals surface area contributed by atoms with Gasteiger partial charge in [-0.05, 0) is 37.1 Å². The van der Waals surface area contributed by atoms with Gasteiger partial charge < -0.3 is 14.6 Å². The minimum absolute atomic E-state index is 0.0297. The van der Waals surface area contributed by atoms with Crippen LogP contribution in [-0.2, 0) is 6.42 Å². The first kappa shape index (κ1) is 17.9. The second-order valence-electron chi connectivity index (χ2n) is 5.65. The van der Waals surface area contributed by atoms with Crippen LogP contribution in [0.4, 0.5) is 0 Å². The van der Waals surface area contributed by atoms with Gasteiger partial charge in [0.15, 0.2) is 5.78 Å². The van der Waals surface area contributed by atoms with E-state index < -0.39 is 0 Å². The zero-order valence-electron chi connectivity index (χ0n) is 14.2. The summed E-state index contributed by atoms with van der Waals surface area (Å²) in [5.74, 6) is 1.30. The molecule has 0 unspecified atom stereocenters. The van der Waals surface area contributed by atoms with Crippen molar-refractivity contribution in [2.45, 2.75) is 33.1 Å². The van der Waals surface area contributed by atoms with Gasteiger partial charge >= 0.3 is 0 Å². The Hall–Kier alpha value is -2.49. The molecule has 0 spiro atoms. The van der Waals surface area contributed by atoms with E-state index in [-0.39, 0.29) is 11.5 Å². The molecule has 4 nitrogen and oxygen atoms in total. The molecule has 0 aliphatic rings. The Morgan fingerprint density at radius 3 is 2.46 bits per heavy atom. The van der Waals surface area contributed by atoms with Crippen LogP contribution in [0.15, 0.2) is 42.5 Å². The molecule has 24 heavy (non-hydrogen) atoms. The number of aryl methyl sites for hydroxylation is 1. The summed E-state index contributed by atoms with van der Waals surface area (Å²) in [5, 5.41) is 9.98. The maximum atomic E-state index is 11.6. The Bertz CT molecular complexity index is 665. The van der Waals surface area contributed by atoms with Crippen molar-refractivity contribution in [1.29, 1.82) is 0 Å². The molecular weight excluding hydrogens is 304 g/mol. The minimum Gasteiger partial charge on any atom is -0.507 e. The molecule has 0 bridgehead atoms. The molecule has 128 valence electrons. The molecule has 0 aliphatic heterocycles. The van der Waals surface area contributed by atoms with E-state index in [9.17, 15) is 9.90 Å². The van der Waals surface area contributed by atoms with Gasteiger partial charge in [0.25, 0.3) is 0 Å². The van der Waals surface area contributed by atoms with E-state index in [1.165, 1.54) is 6.92 Å². The van der Waals surface area contributed by atoms with E-state index >= 15 is 0 Å². The summed E-state index contributed by atoms with van der Waals surface area (Å²) in [6.07, 6.45) is 2.47. The Morgan fingerprint density at radius 1 is 1.08 bits per heavy atom. The average molecular weight is 328 g/mol. The number of para-hydroxylation sites is 1. The van der Waals surface area contributed by atoms with Crippen molar-refractivity contribution in [2.24, 2.45) is 0 Å². The predicted octanol–water partition coefficient (Wildman–Crippen LogP) is 4.40. The van der Waals surface area contributed by atoms with Crippen LogP contribution in [0.3, 0.4) is 0 Å². The van der Waals surface area contributed by atoms with Gasteiger partial charge in [-0.25, -0.2) is 0 Å². The summed E-state index contributed by atoms with van der Waals surface area (Å²) in [6, 6.07) is 12.9. The topological polar surface area (TPSA) is 55.8 Å². The van der Waals surface area contributed by atoms with E-state index in [1.807, 2.05) is 30.3 Å². The molecule has 0 amide bonds. The largest absolute Gasteiger partial charge is 0.507 e. The number of rotatable bonds is 9. The van der Waals surface area contributed by atoms with E-state index in [2.05, 4.69) is 6.92 Å². The van der Waals surface area contributed by atoms with Gasteiger partial charge in [-0.15, -0.1) is 0 Å². The number of phenolic OH excluding ortho intramolecular Hbond substituents is 1. The van der Waals surface area contributed by atoms with Crippen LogP contribution < -0.4 is 9.47 Å². The quantitative estimate of drug-likeness (QED) is 0.548. The van der Waals surface area contributed by atoms with Crippen molar-refractivity contribution in [3.8, 4) is 17.2 Å². The number of carbonyl (C=O) groups is 1. The van der Waals surface area contributed by atoms with E-state index in [4.69, 9.17) is 9.47 Å². The third-order valence-electron chi connectivity index (χ3n) is 3.64. The lowest BCUT2D eigenvalue weighted by molar-refractivity contribution is 0.101. The van der Waals surface area contributed by atoms with Crippen molar-refractivity contribution in [3.63, 3.8) is 0 Å². The zero-order valence-corrected chi connectivity index (χ0v) is 14.2. The number of phenols is 1. The van der Waals surface area contributed by atoms with E-state index in [0.29, 0.717) is 24.5 Å². The third-order valence-corrected chi connectivity index (χ3v) is 3.64. The van der Waals surface area contributed by atoms with Crippen LogP contribution >= 0.6 is 0 Å². The van der Waals surface area contributed by atoms with Gasteiger partial charge in [-0.3, -0.25) is 4.79 Å². The molecule has 0 atom stereocenters. The van der Waals surface area contributed by atoms with Crippen molar-refractivity contribution in [1.82, 2.24) is 0 Å². The lowest BCUT2D eigenvalue weighted by Crippen LogP contribution is -2.07. The van der Waals surface area contributed by atoms with Crippen LogP contribution in [0.1, 0.15) is 42.6 Å². The summed E-state index contributed by atoms with van der Waals surface area (Å²) in [4.78, 5) is 11.6. The number of aromatic hydroxyl groups is 1. The highest BCUT2D eigenvalue weighted by Gasteiger charge is 2.13. The predicted molar refractivity (Wildman–Crippen MR) is 94.2 cm³/mol. The summed E-state index contributed by atoms with van der Waals surface area (Å²) in [7, 11) is 0. The van der Waals surface area contributed by atoms with E-state index in [1.54, 1.807) is 12.1 Å². The van der Waals surface area contributed by atoms with Gasteiger partial charge in [0, 0.05) is 12.5 Å². The van der Waals surface area contributed by atoms with Crippen molar-refractivity contribution in [3.05, 3.63) is 53.6 Å². The van der Waals surface area contributed by atoms with Crippen molar-refractivity contribution >= 4 is 5.78 Å². The molecule has 0 heterocycles. The number of ketones is 1. The minimum atomic E-state index is -0.146. The highest BCUT2D eigenvalue weighted by atomic mass is 16.5. The van der Waals surface area contributed by atoms with E-state index in [0.717, 1.165) is 30.6 Å². The van der Waals surface area contributed by atoms with Crippen molar-refractivity contribution < 1.29 is 19.4 Å². The van der Waals surface area contributed by atoms with Crippen LogP contribution in [0.25, 0.3) is 0 Å². The first-order valence-electron chi connectivity index (χ1n) is 8.29. The molecule has 4 heteroatoms. The van der Waals surface area contributed by atoms with Gasteiger partial charge in [0.1, 0.15) is 17.2 Å². The zero-order chi connectivity index (χ0) is 17.4. The molecule has 2 aromatic rings. The fraction of sp³-hybridized carbons (Fsp3) is 0.350. The maximum Gasteiger partial charge on any atom is 0.163 e. The Kier molecular flexibility index (Phi) is 6.67. The molecule has 0 saturated carbocycles. The molecule has 0 saturated heterocycles. The molecular formula is C20H24O4. The van der Waals surface area contributed by atoms with Crippen molar-refractivity contribution in [2.75, 3.05) is 13.2 Å². The summed E-state index contributed by atoms with van der Waals surface area (Å²) in [5.41, 5.74) is 1.29. The second-order valence-corrected chi connectivity index (χ2v) is 5.65. The maximum absolute atomic E-state index is 11.6. The highest BCUT2D eigenvalue weighted by Crippen LogP contribution is 2.30. The van der Waals surface area contributed by atoms with Crippen LogP contribution in [0, 0.1) is 0 Å². The molecule has 1 N–H and O–H groups in total.